The SMILES string of the molecule is CCC(CCCl)CNCC(C)=CCl. The van der Waals surface area contributed by atoms with Crippen molar-refractivity contribution in [2.24, 2.45) is 5.92 Å². The second kappa shape index (κ2) is 8.86. The summed E-state index contributed by atoms with van der Waals surface area (Å²) in [6.07, 6.45) is 2.28. The fourth-order valence-electron chi connectivity index (χ4n) is 1.12. The summed E-state index contributed by atoms with van der Waals surface area (Å²) >= 11 is 11.2. The molecule has 0 fully saturated rings. The Balaban J connectivity index is 3.48. The molecule has 1 nitrogen and oxygen atoms in total. The molecule has 0 rings (SSSR count). The van der Waals surface area contributed by atoms with Crippen LogP contribution in [0.25, 0.3) is 0 Å². The van der Waals surface area contributed by atoms with Gasteiger partial charge in [0.15, 0.2) is 0 Å². The van der Waals surface area contributed by atoms with Crippen molar-refractivity contribution in [1.29, 1.82) is 0 Å². The van der Waals surface area contributed by atoms with Gasteiger partial charge in [-0.2, -0.15) is 0 Å². The van der Waals surface area contributed by atoms with Gasteiger partial charge in [0.2, 0.25) is 0 Å². The second-order valence-electron chi connectivity index (χ2n) is 3.34. The van der Waals surface area contributed by atoms with Gasteiger partial charge in [-0.1, -0.05) is 24.9 Å². The first-order valence-corrected chi connectivity index (χ1v) is 5.74. The molecule has 0 aliphatic carbocycles. The Bertz CT molecular complexity index is 146. The highest BCUT2D eigenvalue weighted by Gasteiger charge is 2.04. The van der Waals surface area contributed by atoms with E-state index in [0.717, 1.165) is 25.4 Å². The van der Waals surface area contributed by atoms with Crippen LogP contribution < -0.4 is 5.32 Å². The van der Waals surface area contributed by atoms with Gasteiger partial charge in [0.25, 0.3) is 0 Å². The maximum atomic E-state index is 5.68. The zero-order valence-corrected chi connectivity index (χ0v) is 9.96. The van der Waals surface area contributed by atoms with E-state index in [1.54, 1.807) is 5.54 Å². The Labute approximate surface area is 91.5 Å². The van der Waals surface area contributed by atoms with Crippen LogP contribution >= 0.6 is 23.2 Å². The maximum absolute atomic E-state index is 5.68. The van der Waals surface area contributed by atoms with Crippen molar-refractivity contribution in [1.82, 2.24) is 5.32 Å². The highest BCUT2D eigenvalue weighted by atomic mass is 35.5. The first-order chi connectivity index (χ1) is 6.24. The van der Waals surface area contributed by atoms with E-state index in [-0.39, 0.29) is 0 Å². The van der Waals surface area contributed by atoms with E-state index < -0.39 is 0 Å². The zero-order valence-electron chi connectivity index (χ0n) is 8.45. The van der Waals surface area contributed by atoms with Crippen LogP contribution in [0.5, 0.6) is 0 Å². The zero-order chi connectivity index (χ0) is 10.1. The van der Waals surface area contributed by atoms with Gasteiger partial charge < -0.3 is 5.32 Å². The summed E-state index contributed by atoms with van der Waals surface area (Å²) in [5.41, 5.74) is 2.79. The Hall–Kier alpha value is 0.280. The molecule has 0 spiro atoms. The van der Waals surface area contributed by atoms with Crippen molar-refractivity contribution in [2.45, 2.75) is 26.7 Å². The predicted octanol–water partition coefficient (Wildman–Crippen LogP) is 3.37. The van der Waals surface area contributed by atoms with E-state index in [4.69, 9.17) is 23.2 Å². The summed E-state index contributed by atoms with van der Waals surface area (Å²) in [6, 6.07) is 0. The molecule has 0 bridgehead atoms. The molecule has 0 amide bonds. The van der Waals surface area contributed by atoms with Crippen LogP contribution in [-0.4, -0.2) is 19.0 Å². The molecule has 0 aliphatic rings. The second-order valence-corrected chi connectivity index (χ2v) is 3.93. The molecule has 0 heterocycles. The molecule has 0 aromatic heterocycles. The topological polar surface area (TPSA) is 12.0 Å². The standard InChI is InChI=1S/C10H19Cl2N/c1-3-10(4-5-11)8-13-7-9(2)6-12/h6,10,13H,3-5,7-8H2,1-2H3. The molecule has 0 aromatic rings. The molecule has 0 aliphatic heterocycles. The van der Waals surface area contributed by atoms with Crippen molar-refractivity contribution < 1.29 is 0 Å². The smallest absolute Gasteiger partial charge is 0.0226 e. The third-order valence-electron chi connectivity index (χ3n) is 2.12. The molecule has 0 saturated heterocycles. The average Bonchev–Trinajstić information content (AvgIpc) is 2.16. The summed E-state index contributed by atoms with van der Waals surface area (Å²) in [6.45, 7) is 6.12. The summed E-state index contributed by atoms with van der Waals surface area (Å²) in [4.78, 5) is 0. The van der Waals surface area contributed by atoms with E-state index in [1.165, 1.54) is 12.0 Å². The normalized spacial score (nSPS) is 14.6. The van der Waals surface area contributed by atoms with Crippen LogP contribution in [0.15, 0.2) is 11.1 Å². The fraction of sp³-hybridized carbons (Fsp3) is 0.800. The quantitative estimate of drug-likeness (QED) is 0.654. The molecule has 3 heteroatoms. The molecule has 0 saturated carbocycles. The Morgan fingerprint density at radius 2 is 2.23 bits per heavy atom. The lowest BCUT2D eigenvalue weighted by Gasteiger charge is -2.13. The Kier molecular flexibility index (Phi) is 9.05. The van der Waals surface area contributed by atoms with E-state index in [0.29, 0.717) is 5.92 Å². The largest absolute Gasteiger partial charge is 0.313 e. The molecule has 13 heavy (non-hydrogen) atoms. The number of alkyl halides is 1. The van der Waals surface area contributed by atoms with Gasteiger partial charge in [0.05, 0.1) is 0 Å². The number of hydrogen-bond donors (Lipinski definition) is 1. The first kappa shape index (κ1) is 13.3. The third kappa shape index (κ3) is 7.36. The number of hydrogen-bond acceptors (Lipinski definition) is 1. The third-order valence-corrected chi connectivity index (χ3v) is 2.71. The first-order valence-electron chi connectivity index (χ1n) is 4.77. The van der Waals surface area contributed by atoms with Gasteiger partial charge in [0, 0.05) is 18.0 Å². The van der Waals surface area contributed by atoms with Gasteiger partial charge in [-0.3, -0.25) is 0 Å². The maximum Gasteiger partial charge on any atom is 0.0226 e. The van der Waals surface area contributed by atoms with Gasteiger partial charge in [-0.15, -0.1) is 11.6 Å². The summed E-state index contributed by atoms with van der Waals surface area (Å²) in [5.74, 6) is 1.45. The van der Waals surface area contributed by atoms with Crippen molar-refractivity contribution >= 4 is 23.2 Å². The van der Waals surface area contributed by atoms with Crippen LogP contribution in [0, 0.1) is 5.92 Å². The average molecular weight is 224 g/mol. The van der Waals surface area contributed by atoms with E-state index in [9.17, 15) is 0 Å². The van der Waals surface area contributed by atoms with Crippen LogP contribution in [-0.2, 0) is 0 Å². The van der Waals surface area contributed by atoms with E-state index in [1.807, 2.05) is 6.92 Å². The van der Waals surface area contributed by atoms with Crippen LogP contribution in [0.3, 0.4) is 0 Å². The van der Waals surface area contributed by atoms with Crippen molar-refractivity contribution in [3.63, 3.8) is 0 Å². The fourth-order valence-corrected chi connectivity index (χ4v) is 1.50. The highest BCUT2D eigenvalue weighted by Crippen LogP contribution is 2.07. The minimum absolute atomic E-state index is 0.695. The van der Waals surface area contributed by atoms with Gasteiger partial charge in [-0.05, 0) is 31.4 Å². The molecule has 1 N–H and O–H groups in total. The molecule has 78 valence electrons. The van der Waals surface area contributed by atoms with E-state index >= 15 is 0 Å². The summed E-state index contributed by atoms with van der Waals surface area (Å²) < 4.78 is 0. The lowest BCUT2D eigenvalue weighted by Crippen LogP contribution is -2.24. The molecular weight excluding hydrogens is 205 g/mol. The minimum atomic E-state index is 0.695. The number of halogens is 2. The summed E-state index contributed by atoms with van der Waals surface area (Å²) in [7, 11) is 0. The van der Waals surface area contributed by atoms with Gasteiger partial charge in [-0.25, -0.2) is 0 Å². The van der Waals surface area contributed by atoms with Crippen LogP contribution in [0.2, 0.25) is 0 Å². The molecule has 0 aromatic carbocycles. The summed E-state index contributed by atoms with van der Waals surface area (Å²) in [5, 5.41) is 3.36. The number of nitrogens with one attached hydrogen (secondary N) is 1. The monoisotopic (exact) mass is 223 g/mol. The Morgan fingerprint density at radius 3 is 2.69 bits per heavy atom. The Morgan fingerprint density at radius 1 is 1.54 bits per heavy atom. The number of rotatable bonds is 7. The highest BCUT2D eigenvalue weighted by molar-refractivity contribution is 6.25. The molecular formula is C10H19Cl2N. The van der Waals surface area contributed by atoms with E-state index in [2.05, 4.69) is 12.2 Å². The van der Waals surface area contributed by atoms with Crippen molar-refractivity contribution in [2.75, 3.05) is 19.0 Å². The van der Waals surface area contributed by atoms with Crippen molar-refractivity contribution in [3.05, 3.63) is 11.1 Å². The predicted molar refractivity (Wildman–Crippen MR) is 61.6 cm³/mol. The lowest BCUT2D eigenvalue weighted by molar-refractivity contribution is 0.461. The molecule has 1 atom stereocenters. The molecule has 0 radical (unpaired) electrons. The van der Waals surface area contributed by atoms with Crippen LogP contribution in [0.4, 0.5) is 0 Å². The molecule has 1 unspecified atom stereocenters. The minimum Gasteiger partial charge on any atom is -0.313 e. The van der Waals surface area contributed by atoms with Crippen LogP contribution in [0.1, 0.15) is 26.7 Å². The lowest BCUT2D eigenvalue weighted by atomic mass is 10.0. The van der Waals surface area contributed by atoms with Gasteiger partial charge >= 0.3 is 0 Å². The van der Waals surface area contributed by atoms with Gasteiger partial charge in [0.1, 0.15) is 0 Å². The van der Waals surface area contributed by atoms with Crippen molar-refractivity contribution in [3.8, 4) is 0 Å².